The van der Waals surface area contributed by atoms with E-state index in [0.29, 0.717) is 0 Å². The van der Waals surface area contributed by atoms with Crippen LogP contribution in [-0.2, 0) is 38.1 Å². The first kappa shape index (κ1) is 23.3. The van der Waals surface area contributed by atoms with Crippen molar-refractivity contribution in [3.05, 3.63) is 11.0 Å². The molecule has 3 heterocycles. The van der Waals surface area contributed by atoms with E-state index in [9.17, 15) is 19.2 Å². The lowest BCUT2D eigenvalue weighted by Gasteiger charge is -2.22. The van der Waals surface area contributed by atoms with Gasteiger partial charge >= 0.3 is 17.9 Å². The highest BCUT2D eigenvalue weighted by Gasteiger charge is 2.51. The van der Waals surface area contributed by atoms with E-state index in [0.717, 1.165) is 0 Å². The Balaban J connectivity index is 2.00. The van der Waals surface area contributed by atoms with Crippen LogP contribution in [0.4, 0.5) is 5.95 Å². The molecule has 1 aliphatic heterocycles. The molecule has 1 fully saturated rings. The largest absolute Gasteiger partial charge is 0.463 e. The molecular formula is C18H20ClN5O8. The molecule has 0 aromatic carbocycles. The van der Waals surface area contributed by atoms with E-state index in [1.165, 1.54) is 27.7 Å². The molecule has 2 aromatic heterocycles. The first-order valence-electron chi connectivity index (χ1n) is 9.39. The van der Waals surface area contributed by atoms with Gasteiger partial charge in [0.2, 0.25) is 11.9 Å². The number of esters is 3. The zero-order valence-electron chi connectivity index (χ0n) is 17.5. The van der Waals surface area contributed by atoms with Gasteiger partial charge in [-0.2, -0.15) is 9.97 Å². The molecule has 0 spiro atoms. The van der Waals surface area contributed by atoms with Gasteiger partial charge in [-0.3, -0.25) is 24.5 Å². The van der Waals surface area contributed by atoms with Crippen molar-refractivity contribution in [2.75, 3.05) is 11.9 Å². The Bertz CT molecular complexity index is 1070. The molecular weight excluding hydrogens is 450 g/mol. The van der Waals surface area contributed by atoms with Gasteiger partial charge in [0.1, 0.15) is 24.1 Å². The molecule has 172 valence electrons. The van der Waals surface area contributed by atoms with Crippen LogP contribution in [0, 0.1) is 0 Å². The maximum absolute atomic E-state index is 11.7. The summed E-state index contributed by atoms with van der Waals surface area (Å²) in [5, 5.41) is 2.39. The predicted molar refractivity (Wildman–Crippen MR) is 106 cm³/mol. The number of imidazole rings is 1. The van der Waals surface area contributed by atoms with Crippen LogP contribution < -0.4 is 5.32 Å². The number of fused-ring (bicyclic) bond motifs is 1. The molecule has 2 N–H and O–H groups in total. The topological polar surface area (TPSA) is 172 Å². The van der Waals surface area contributed by atoms with Gasteiger partial charge < -0.3 is 23.9 Å². The molecule has 0 aliphatic carbocycles. The number of amides is 1. The Morgan fingerprint density at radius 3 is 2.25 bits per heavy atom. The van der Waals surface area contributed by atoms with Crippen molar-refractivity contribution in [2.24, 2.45) is 0 Å². The first-order chi connectivity index (χ1) is 15.0. The third kappa shape index (κ3) is 5.29. The smallest absolute Gasteiger partial charge is 0.303 e. The average Bonchev–Trinajstić information content (AvgIpc) is 3.21. The van der Waals surface area contributed by atoms with Gasteiger partial charge in [0, 0.05) is 27.7 Å². The zero-order valence-corrected chi connectivity index (χ0v) is 18.3. The fourth-order valence-corrected chi connectivity index (χ4v) is 3.38. The molecule has 0 radical (unpaired) electrons. The average molecular weight is 470 g/mol. The Labute approximate surface area is 186 Å². The summed E-state index contributed by atoms with van der Waals surface area (Å²) >= 11 is 6.17. The summed E-state index contributed by atoms with van der Waals surface area (Å²) in [5.74, 6) is -2.19. The van der Waals surface area contributed by atoms with Gasteiger partial charge in [0.25, 0.3) is 0 Å². The molecule has 0 saturated carbocycles. The van der Waals surface area contributed by atoms with E-state index in [-0.39, 0.29) is 34.7 Å². The van der Waals surface area contributed by atoms with Crippen LogP contribution in [0.3, 0.4) is 0 Å². The Morgan fingerprint density at radius 2 is 1.66 bits per heavy atom. The quantitative estimate of drug-likeness (QED) is 0.348. The third-order valence-corrected chi connectivity index (χ3v) is 4.52. The van der Waals surface area contributed by atoms with Gasteiger partial charge in [0.15, 0.2) is 29.1 Å². The molecule has 0 bridgehead atoms. The number of aromatic nitrogens is 4. The number of ether oxygens (including phenoxy) is 4. The minimum absolute atomic E-state index is 0.0208. The molecule has 14 heteroatoms. The highest BCUT2D eigenvalue weighted by atomic mass is 35.5. The summed E-state index contributed by atoms with van der Waals surface area (Å²) in [4.78, 5) is 61.2. The normalized spacial score (nSPS) is 22.4. The number of H-pyrrole nitrogens is 1. The minimum Gasteiger partial charge on any atom is -0.463 e. The second-order valence-electron chi connectivity index (χ2n) is 6.89. The van der Waals surface area contributed by atoms with Crippen LogP contribution in [0.5, 0.6) is 0 Å². The number of rotatable bonds is 6. The maximum Gasteiger partial charge on any atom is 0.303 e. The number of hydrogen-bond acceptors (Lipinski definition) is 11. The summed E-state index contributed by atoms with van der Waals surface area (Å²) in [6.07, 6.45) is -4.18. The molecule has 32 heavy (non-hydrogen) atoms. The Hall–Kier alpha value is -3.32. The summed E-state index contributed by atoms with van der Waals surface area (Å²) in [6.45, 7) is 4.60. The Kier molecular flexibility index (Phi) is 6.89. The van der Waals surface area contributed by atoms with Crippen LogP contribution in [0.15, 0.2) is 0 Å². The molecule has 1 amide bonds. The number of carbonyl (C=O) groups excluding carboxylic acids is 4. The molecule has 1 aliphatic rings. The number of nitrogens with one attached hydrogen (secondary N) is 2. The number of carbonyl (C=O) groups is 4. The maximum atomic E-state index is 11.7. The van der Waals surface area contributed by atoms with E-state index in [1.807, 2.05) is 0 Å². The lowest BCUT2D eigenvalue weighted by atomic mass is 10.1. The number of aromatic amines is 1. The minimum atomic E-state index is -1.11. The van der Waals surface area contributed by atoms with E-state index in [4.69, 9.17) is 30.5 Å². The molecule has 2 aromatic rings. The SMILES string of the molecule is CC(=O)Nc1nc(Cl)c2[nH]c([C@@H]3O[C@H](COC(C)=O)[C@H](OC(C)=O)[C@H]3OC(C)=O)nc2n1. The van der Waals surface area contributed by atoms with Crippen molar-refractivity contribution < 1.29 is 38.1 Å². The lowest BCUT2D eigenvalue weighted by molar-refractivity contribution is -0.165. The molecule has 0 unspecified atom stereocenters. The summed E-state index contributed by atoms with van der Waals surface area (Å²) < 4.78 is 21.6. The van der Waals surface area contributed by atoms with Crippen molar-refractivity contribution in [3.63, 3.8) is 0 Å². The zero-order chi connectivity index (χ0) is 23.6. The van der Waals surface area contributed by atoms with Crippen LogP contribution in [0.25, 0.3) is 11.2 Å². The van der Waals surface area contributed by atoms with Crippen LogP contribution in [0.1, 0.15) is 39.6 Å². The fourth-order valence-electron chi connectivity index (χ4n) is 3.16. The second-order valence-corrected chi connectivity index (χ2v) is 7.24. The monoisotopic (exact) mass is 469 g/mol. The van der Waals surface area contributed by atoms with Crippen molar-refractivity contribution in [1.82, 2.24) is 19.9 Å². The summed E-state index contributed by atoms with van der Waals surface area (Å²) in [5.41, 5.74) is 0.356. The van der Waals surface area contributed by atoms with E-state index >= 15 is 0 Å². The van der Waals surface area contributed by atoms with E-state index in [1.54, 1.807) is 0 Å². The van der Waals surface area contributed by atoms with Crippen LogP contribution in [-0.4, -0.2) is 68.7 Å². The van der Waals surface area contributed by atoms with Gasteiger partial charge in [-0.25, -0.2) is 4.98 Å². The standard InChI is InChI=1S/C18H20ClN5O8/c1-6(25)20-18-22-15(19)11-16(24-18)23-17(21-11)14-13(31-9(4)28)12(30-8(3)27)10(32-14)5-29-7(2)26/h10,12-14H,5H2,1-4H3,(H2,20,21,22,23,24,25)/t10-,12+,13-,14-/m1/s1. The van der Waals surface area contributed by atoms with Gasteiger partial charge in [-0.1, -0.05) is 11.6 Å². The predicted octanol–water partition coefficient (Wildman–Crippen LogP) is 0.831. The lowest BCUT2D eigenvalue weighted by Crippen LogP contribution is -2.40. The third-order valence-electron chi connectivity index (χ3n) is 4.25. The van der Waals surface area contributed by atoms with Gasteiger partial charge in [0.05, 0.1) is 0 Å². The Morgan fingerprint density at radius 1 is 1.00 bits per heavy atom. The molecule has 4 atom stereocenters. The number of hydrogen-bond donors (Lipinski definition) is 2. The van der Waals surface area contributed by atoms with Gasteiger partial charge in [-0.15, -0.1) is 0 Å². The van der Waals surface area contributed by atoms with Crippen LogP contribution >= 0.6 is 11.6 Å². The van der Waals surface area contributed by atoms with E-state index < -0.39 is 48.2 Å². The molecule has 3 rings (SSSR count). The highest BCUT2D eigenvalue weighted by Crippen LogP contribution is 2.37. The van der Waals surface area contributed by atoms with Crippen molar-refractivity contribution in [1.29, 1.82) is 0 Å². The van der Waals surface area contributed by atoms with E-state index in [2.05, 4.69) is 25.3 Å². The van der Waals surface area contributed by atoms with Crippen molar-refractivity contribution in [2.45, 2.75) is 52.1 Å². The van der Waals surface area contributed by atoms with Crippen molar-refractivity contribution >= 4 is 52.5 Å². The molecule has 13 nitrogen and oxygen atoms in total. The molecule has 1 saturated heterocycles. The summed E-state index contributed by atoms with van der Waals surface area (Å²) in [6, 6.07) is 0. The van der Waals surface area contributed by atoms with Crippen LogP contribution in [0.2, 0.25) is 5.15 Å². The number of anilines is 1. The highest BCUT2D eigenvalue weighted by molar-refractivity contribution is 6.33. The fraction of sp³-hybridized carbons (Fsp3) is 0.500. The number of nitrogens with zero attached hydrogens (tertiary/aromatic N) is 3. The summed E-state index contributed by atoms with van der Waals surface area (Å²) in [7, 11) is 0. The van der Waals surface area contributed by atoms with Crippen molar-refractivity contribution in [3.8, 4) is 0 Å². The number of halogens is 1. The first-order valence-corrected chi connectivity index (χ1v) is 9.77. The van der Waals surface area contributed by atoms with Gasteiger partial charge in [-0.05, 0) is 0 Å². The second kappa shape index (κ2) is 9.44.